The largest absolute Gasteiger partial charge is 0.481 e. The van der Waals surface area contributed by atoms with Crippen LogP contribution in [0, 0.1) is 5.92 Å². The number of carbonyl (C=O) groups excluding carboxylic acids is 1. The third-order valence-electron chi connectivity index (χ3n) is 5.67. The third kappa shape index (κ3) is 6.79. The lowest BCUT2D eigenvalue weighted by atomic mass is 9.99. The number of nitrogens with zero attached hydrogens (tertiary/aromatic N) is 2. The molecule has 3 N–H and O–H groups in total. The summed E-state index contributed by atoms with van der Waals surface area (Å²) in [4.78, 5) is 27.1. The van der Waals surface area contributed by atoms with E-state index in [-0.39, 0.29) is 18.9 Å². The predicted molar refractivity (Wildman–Crippen MR) is 138 cm³/mol. The van der Waals surface area contributed by atoms with Crippen molar-refractivity contribution >= 4 is 17.6 Å². The standard InChI is InChI=1S/C28H28N4O4/c1-19(17-20-7-9-22(10-8-20)27(35)29-16-15-25(33)34)18-30-24-13-11-21(12-14-24)26-31-28(36-32-26)23-5-3-2-4-6-23/h2-14,19,30H,15-18H2,1H3,(H,29,35)(H,33,34). The molecule has 0 saturated heterocycles. The highest BCUT2D eigenvalue weighted by Gasteiger charge is 2.11. The van der Waals surface area contributed by atoms with Gasteiger partial charge in [0.25, 0.3) is 11.8 Å². The molecule has 0 aliphatic rings. The van der Waals surface area contributed by atoms with Gasteiger partial charge in [0.2, 0.25) is 5.82 Å². The van der Waals surface area contributed by atoms with E-state index in [4.69, 9.17) is 9.63 Å². The molecule has 1 atom stereocenters. The van der Waals surface area contributed by atoms with Crippen molar-refractivity contribution in [3.8, 4) is 22.8 Å². The number of amides is 1. The fraction of sp³-hybridized carbons (Fsp3) is 0.214. The first-order valence-corrected chi connectivity index (χ1v) is 11.8. The molecule has 1 amide bonds. The molecule has 0 aliphatic heterocycles. The highest BCUT2D eigenvalue weighted by atomic mass is 16.5. The fourth-order valence-corrected chi connectivity index (χ4v) is 3.72. The number of rotatable bonds is 11. The van der Waals surface area contributed by atoms with E-state index in [9.17, 15) is 9.59 Å². The van der Waals surface area contributed by atoms with Gasteiger partial charge in [-0.25, -0.2) is 0 Å². The number of aromatic nitrogens is 2. The molecule has 184 valence electrons. The van der Waals surface area contributed by atoms with Crippen molar-refractivity contribution < 1.29 is 19.2 Å². The van der Waals surface area contributed by atoms with Gasteiger partial charge in [-0.05, 0) is 66.4 Å². The molecular weight excluding hydrogens is 456 g/mol. The summed E-state index contributed by atoms with van der Waals surface area (Å²) in [6.45, 7) is 3.07. The molecule has 0 radical (unpaired) electrons. The minimum atomic E-state index is -0.936. The summed E-state index contributed by atoms with van der Waals surface area (Å²) >= 11 is 0. The minimum Gasteiger partial charge on any atom is -0.481 e. The van der Waals surface area contributed by atoms with Gasteiger partial charge < -0.3 is 20.3 Å². The topological polar surface area (TPSA) is 117 Å². The number of nitrogens with one attached hydrogen (secondary N) is 2. The minimum absolute atomic E-state index is 0.0939. The molecule has 4 aromatic rings. The number of carboxylic acids is 1. The lowest BCUT2D eigenvalue weighted by Crippen LogP contribution is -2.25. The van der Waals surface area contributed by atoms with Gasteiger partial charge in [-0.3, -0.25) is 9.59 Å². The Morgan fingerprint density at radius 2 is 1.67 bits per heavy atom. The van der Waals surface area contributed by atoms with E-state index >= 15 is 0 Å². The summed E-state index contributed by atoms with van der Waals surface area (Å²) in [6.07, 6.45) is 0.764. The van der Waals surface area contributed by atoms with E-state index in [1.807, 2.05) is 66.7 Å². The van der Waals surface area contributed by atoms with Gasteiger partial charge in [0.1, 0.15) is 0 Å². The van der Waals surface area contributed by atoms with Crippen LogP contribution in [0.4, 0.5) is 5.69 Å². The van der Waals surface area contributed by atoms with Crippen LogP contribution in [0.3, 0.4) is 0 Å². The molecule has 0 saturated carbocycles. The van der Waals surface area contributed by atoms with Crippen molar-refractivity contribution in [3.05, 3.63) is 90.0 Å². The number of hydrogen-bond acceptors (Lipinski definition) is 6. The Morgan fingerprint density at radius 3 is 2.36 bits per heavy atom. The number of carbonyl (C=O) groups is 2. The predicted octanol–water partition coefficient (Wildman–Crippen LogP) is 4.90. The van der Waals surface area contributed by atoms with Crippen LogP contribution in [0.2, 0.25) is 0 Å². The van der Waals surface area contributed by atoms with Crippen LogP contribution in [-0.4, -0.2) is 40.2 Å². The summed E-state index contributed by atoms with van der Waals surface area (Å²) < 4.78 is 5.40. The van der Waals surface area contributed by atoms with Crippen molar-refractivity contribution in [3.63, 3.8) is 0 Å². The van der Waals surface area contributed by atoms with E-state index in [2.05, 4.69) is 27.7 Å². The van der Waals surface area contributed by atoms with Crippen LogP contribution in [0.1, 0.15) is 29.3 Å². The normalized spacial score (nSPS) is 11.6. The number of aliphatic carboxylic acids is 1. The van der Waals surface area contributed by atoms with Crippen LogP contribution in [0.25, 0.3) is 22.8 Å². The maximum absolute atomic E-state index is 12.1. The zero-order valence-electron chi connectivity index (χ0n) is 20.0. The molecule has 4 rings (SSSR count). The Balaban J connectivity index is 1.25. The maximum atomic E-state index is 12.1. The van der Waals surface area contributed by atoms with Crippen molar-refractivity contribution in [1.29, 1.82) is 0 Å². The Morgan fingerprint density at radius 1 is 0.944 bits per heavy atom. The van der Waals surface area contributed by atoms with E-state index < -0.39 is 5.97 Å². The highest BCUT2D eigenvalue weighted by Crippen LogP contribution is 2.23. The van der Waals surface area contributed by atoms with E-state index in [1.165, 1.54) is 0 Å². The molecule has 0 bridgehead atoms. The van der Waals surface area contributed by atoms with Gasteiger partial charge in [0.05, 0.1) is 6.42 Å². The summed E-state index contributed by atoms with van der Waals surface area (Å²) in [5.41, 5.74) is 4.43. The zero-order valence-corrected chi connectivity index (χ0v) is 20.0. The number of anilines is 1. The molecule has 0 aliphatic carbocycles. The number of carboxylic acid groups (broad SMARTS) is 1. The molecule has 1 heterocycles. The molecule has 0 spiro atoms. The summed E-state index contributed by atoms with van der Waals surface area (Å²) in [7, 11) is 0. The van der Waals surface area contributed by atoms with Crippen LogP contribution in [-0.2, 0) is 11.2 Å². The van der Waals surface area contributed by atoms with Crippen molar-refractivity contribution in [2.24, 2.45) is 5.92 Å². The number of benzene rings is 3. The van der Waals surface area contributed by atoms with E-state index in [1.54, 1.807) is 12.1 Å². The van der Waals surface area contributed by atoms with Crippen LogP contribution < -0.4 is 10.6 Å². The van der Waals surface area contributed by atoms with Gasteiger partial charge >= 0.3 is 5.97 Å². The highest BCUT2D eigenvalue weighted by molar-refractivity contribution is 5.94. The second-order valence-electron chi connectivity index (χ2n) is 8.65. The van der Waals surface area contributed by atoms with Crippen LogP contribution in [0.5, 0.6) is 0 Å². The van der Waals surface area contributed by atoms with Crippen LogP contribution in [0.15, 0.2) is 83.4 Å². The van der Waals surface area contributed by atoms with Gasteiger partial charge in [0.15, 0.2) is 0 Å². The first-order valence-electron chi connectivity index (χ1n) is 11.8. The molecular formula is C28H28N4O4. The lowest BCUT2D eigenvalue weighted by Gasteiger charge is -2.14. The van der Waals surface area contributed by atoms with E-state index in [0.717, 1.165) is 35.3 Å². The molecule has 0 fully saturated rings. The van der Waals surface area contributed by atoms with Crippen LogP contribution >= 0.6 is 0 Å². The van der Waals surface area contributed by atoms with Gasteiger partial charge in [-0.15, -0.1) is 0 Å². The van der Waals surface area contributed by atoms with Crippen molar-refractivity contribution in [2.45, 2.75) is 19.8 Å². The second-order valence-corrected chi connectivity index (χ2v) is 8.65. The van der Waals surface area contributed by atoms with E-state index in [0.29, 0.717) is 23.2 Å². The Hall–Kier alpha value is -4.46. The molecule has 1 unspecified atom stereocenters. The molecule has 8 nitrogen and oxygen atoms in total. The lowest BCUT2D eigenvalue weighted by molar-refractivity contribution is -0.136. The molecule has 1 aromatic heterocycles. The Bertz CT molecular complexity index is 1290. The van der Waals surface area contributed by atoms with Crippen molar-refractivity contribution in [2.75, 3.05) is 18.4 Å². The average Bonchev–Trinajstić information content (AvgIpc) is 3.39. The summed E-state index contributed by atoms with van der Waals surface area (Å²) in [5, 5.41) is 18.8. The zero-order chi connectivity index (χ0) is 25.3. The molecule has 8 heteroatoms. The van der Waals surface area contributed by atoms with Gasteiger partial charge in [-0.2, -0.15) is 4.98 Å². The molecule has 3 aromatic carbocycles. The first-order chi connectivity index (χ1) is 17.5. The van der Waals surface area contributed by atoms with Gasteiger partial charge in [0, 0.05) is 35.5 Å². The third-order valence-corrected chi connectivity index (χ3v) is 5.67. The van der Waals surface area contributed by atoms with Gasteiger partial charge in [-0.1, -0.05) is 42.4 Å². The fourth-order valence-electron chi connectivity index (χ4n) is 3.72. The number of hydrogen-bond donors (Lipinski definition) is 3. The average molecular weight is 485 g/mol. The second kappa shape index (κ2) is 11.8. The van der Waals surface area contributed by atoms with Crippen molar-refractivity contribution in [1.82, 2.24) is 15.5 Å². The SMILES string of the molecule is CC(CNc1ccc(-c2noc(-c3ccccc3)n2)cc1)Cc1ccc(C(=O)NCCC(=O)O)cc1. The monoisotopic (exact) mass is 484 g/mol. The smallest absolute Gasteiger partial charge is 0.305 e. The Kier molecular flexibility index (Phi) is 8.08. The Labute approximate surface area is 209 Å². The quantitative estimate of drug-likeness (QED) is 0.277. The maximum Gasteiger partial charge on any atom is 0.305 e. The first kappa shape index (κ1) is 24.7. The summed E-state index contributed by atoms with van der Waals surface area (Å²) in [5.74, 6) is 0.207. The summed E-state index contributed by atoms with van der Waals surface area (Å²) in [6, 6.07) is 25.0. The molecule has 36 heavy (non-hydrogen) atoms.